The standard InChI is InChI=1S/C16H24ClN3O/c1-12(2)20(11-13-7-5-6-10-18-13)16(21)19-15-9-4-3-8-14(15)17/h3-4,8-9,12-13,18H,5-7,10-11H2,1-2H3,(H,19,21). The fraction of sp³-hybridized carbons (Fsp3) is 0.562. The summed E-state index contributed by atoms with van der Waals surface area (Å²) < 4.78 is 0. The smallest absolute Gasteiger partial charge is 0.321 e. The first-order valence-corrected chi connectivity index (χ1v) is 8.01. The summed E-state index contributed by atoms with van der Waals surface area (Å²) in [5.41, 5.74) is 0.659. The lowest BCUT2D eigenvalue weighted by atomic mass is 10.0. The lowest BCUT2D eigenvalue weighted by Gasteiger charge is -2.33. The maximum Gasteiger partial charge on any atom is 0.322 e. The van der Waals surface area contributed by atoms with E-state index >= 15 is 0 Å². The first-order chi connectivity index (χ1) is 10.1. The van der Waals surface area contributed by atoms with Gasteiger partial charge in [-0.3, -0.25) is 0 Å². The van der Waals surface area contributed by atoms with E-state index in [1.54, 1.807) is 6.07 Å². The number of hydrogen-bond acceptors (Lipinski definition) is 2. The molecule has 0 spiro atoms. The predicted octanol–water partition coefficient (Wildman–Crippen LogP) is 3.72. The number of amides is 2. The number of urea groups is 1. The van der Waals surface area contributed by atoms with Crippen LogP contribution in [0.2, 0.25) is 5.02 Å². The van der Waals surface area contributed by atoms with Gasteiger partial charge in [0.05, 0.1) is 10.7 Å². The van der Waals surface area contributed by atoms with Gasteiger partial charge in [0.25, 0.3) is 0 Å². The van der Waals surface area contributed by atoms with Gasteiger partial charge in [0, 0.05) is 18.6 Å². The molecular formula is C16H24ClN3O. The molecule has 0 aromatic heterocycles. The molecule has 1 fully saturated rings. The van der Waals surface area contributed by atoms with Crippen LogP contribution < -0.4 is 10.6 Å². The normalized spacial score (nSPS) is 18.6. The number of hydrogen-bond donors (Lipinski definition) is 2. The van der Waals surface area contributed by atoms with Crippen molar-refractivity contribution in [2.45, 2.75) is 45.2 Å². The summed E-state index contributed by atoms with van der Waals surface area (Å²) in [6.07, 6.45) is 3.59. The largest absolute Gasteiger partial charge is 0.322 e. The van der Waals surface area contributed by atoms with E-state index in [-0.39, 0.29) is 12.1 Å². The maximum atomic E-state index is 12.5. The SMILES string of the molecule is CC(C)N(CC1CCCCN1)C(=O)Nc1ccccc1Cl. The molecule has 2 N–H and O–H groups in total. The van der Waals surface area contributed by atoms with E-state index in [0.29, 0.717) is 16.8 Å². The molecule has 0 saturated carbocycles. The zero-order chi connectivity index (χ0) is 15.2. The third kappa shape index (κ3) is 4.61. The van der Waals surface area contributed by atoms with Crippen LogP contribution in [-0.2, 0) is 0 Å². The van der Waals surface area contributed by atoms with Gasteiger partial charge >= 0.3 is 6.03 Å². The number of rotatable bonds is 4. The highest BCUT2D eigenvalue weighted by molar-refractivity contribution is 6.33. The molecular weight excluding hydrogens is 286 g/mol. The number of nitrogens with zero attached hydrogens (tertiary/aromatic N) is 1. The quantitative estimate of drug-likeness (QED) is 0.890. The number of carbonyl (C=O) groups is 1. The Bertz CT molecular complexity index is 472. The molecule has 0 radical (unpaired) electrons. The molecule has 1 heterocycles. The minimum atomic E-state index is -0.0922. The number of anilines is 1. The molecule has 21 heavy (non-hydrogen) atoms. The molecule has 2 amide bonds. The Labute approximate surface area is 131 Å². The van der Waals surface area contributed by atoms with Gasteiger partial charge < -0.3 is 15.5 Å². The molecule has 0 aliphatic carbocycles. The summed E-state index contributed by atoms with van der Waals surface area (Å²) >= 11 is 6.10. The number of carbonyl (C=O) groups excluding carboxylic acids is 1. The maximum absolute atomic E-state index is 12.5. The third-order valence-corrected chi connectivity index (χ3v) is 4.16. The topological polar surface area (TPSA) is 44.4 Å². The molecule has 5 heteroatoms. The summed E-state index contributed by atoms with van der Waals surface area (Å²) in [4.78, 5) is 14.4. The molecule has 1 aromatic rings. The summed E-state index contributed by atoms with van der Waals surface area (Å²) in [5, 5.41) is 6.96. The van der Waals surface area contributed by atoms with Gasteiger partial charge in [-0.15, -0.1) is 0 Å². The van der Waals surface area contributed by atoms with Crippen molar-refractivity contribution < 1.29 is 4.79 Å². The van der Waals surface area contributed by atoms with E-state index in [9.17, 15) is 4.79 Å². The van der Waals surface area contributed by atoms with Crippen LogP contribution in [0.15, 0.2) is 24.3 Å². The highest BCUT2D eigenvalue weighted by atomic mass is 35.5. The minimum Gasteiger partial charge on any atom is -0.321 e. The van der Waals surface area contributed by atoms with Crippen molar-refractivity contribution in [1.82, 2.24) is 10.2 Å². The Morgan fingerprint density at radius 2 is 2.19 bits per heavy atom. The summed E-state index contributed by atoms with van der Waals surface area (Å²) in [6.45, 7) is 5.85. The van der Waals surface area contributed by atoms with Crippen molar-refractivity contribution in [3.63, 3.8) is 0 Å². The molecule has 1 aromatic carbocycles. The van der Waals surface area contributed by atoms with Crippen molar-refractivity contribution in [1.29, 1.82) is 0 Å². The second kappa shape index (κ2) is 7.66. The Hall–Kier alpha value is -1.26. The summed E-state index contributed by atoms with van der Waals surface area (Å²) in [7, 11) is 0. The Balaban J connectivity index is 2.00. The molecule has 1 atom stereocenters. The fourth-order valence-corrected chi connectivity index (χ4v) is 2.78. The average Bonchev–Trinajstić information content (AvgIpc) is 2.48. The number of halogens is 1. The van der Waals surface area contributed by atoms with E-state index in [0.717, 1.165) is 19.5 Å². The molecule has 0 bridgehead atoms. The minimum absolute atomic E-state index is 0.0922. The average molecular weight is 310 g/mol. The zero-order valence-electron chi connectivity index (χ0n) is 12.7. The van der Waals surface area contributed by atoms with Crippen molar-refractivity contribution in [3.05, 3.63) is 29.3 Å². The first kappa shape index (κ1) is 16.1. The number of nitrogens with one attached hydrogen (secondary N) is 2. The Morgan fingerprint density at radius 3 is 2.81 bits per heavy atom. The van der Waals surface area contributed by atoms with Crippen LogP contribution in [0.5, 0.6) is 0 Å². The van der Waals surface area contributed by atoms with Crippen molar-refractivity contribution in [2.24, 2.45) is 0 Å². The van der Waals surface area contributed by atoms with E-state index in [1.807, 2.05) is 36.9 Å². The molecule has 1 unspecified atom stereocenters. The van der Waals surface area contributed by atoms with Crippen LogP contribution in [0, 0.1) is 0 Å². The van der Waals surface area contributed by atoms with Crippen molar-refractivity contribution in [2.75, 3.05) is 18.4 Å². The fourth-order valence-electron chi connectivity index (χ4n) is 2.60. The highest BCUT2D eigenvalue weighted by Crippen LogP contribution is 2.21. The van der Waals surface area contributed by atoms with E-state index in [2.05, 4.69) is 10.6 Å². The summed E-state index contributed by atoms with van der Waals surface area (Å²) in [6, 6.07) is 7.76. The molecule has 2 rings (SSSR count). The Kier molecular flexibility index (Phi) is 5.88. The van der Waals surface area contributed by atoms with Crippen LogP contribution in [0.4, 0.5) is 10.5 Å². The van der Waals surface area contributed by atoms with E-state index < -0.39 is 0 Å². The lowest BCUT2D eigenvalue weighted by molar-refractivity contribution is 0.183. The van der Waals surface area contributed by atoms with E-state index in [4.69, 9.17) is 11.6 Å². The van der Waals surface area contributed by atoms with Gasteiger partial charge in [-0.05, 0) is 45.4 Å². The van der Waals surface area contributed by atoms with Gasteiger partial charge in [-0.1, -0.05) is 30.2 Å². The van der Waals surface area contributed by atoms with Crippen LogP contribution in [0.25, 0.3) is 0 Å². The van der Waals surface area contributed by atoms with Gasteiger partial charge in [0.2, 0.25) is 0 Å². The van der Waals surface area contributed by atoms with Crippen LogP contribution in [0.1, 0.15) is 33.1 Å². The molecule has 1 aliphatic rings. The first-order valence-electron chi connectivity index (χ1n) is 7.63. The molecule has 1 aliphatic heterocycles. The lowest BCUT2D eigenvalue weighted by Crippen LogP contribution is -2.49. The third-order valence-electron chi connectivity index (χ3n) is 3.83. The van der Waals surface area contributed by atoms with Gasteiger partial charge in [0.1, 0.15) is 0 Å². The second-order valence-electron chi connectivity index (χ2n) is 5.80. The van der Waals surface area contributed by atoms with E-state index in [1.165, 1.54) is 12.8 Å². The van der Waals surface area contributed by atoms with Gasteiger partial charge in [0.15, 0.2) is 0 Å². The monoisotopic (exact) mass is 309 g/mol. The van der Waals surface area contributed by atoms with Crippen molar-refractivity contribution in [3.8, 4) is 0 Å². The van der Waals surface area contributed by atoms with Crippen LogP contribution in [0.3, 0.4) is 0 Å². The number of benzene rings is 1. The van der Waals surface area contributed by atoms with Gasteiger partial charge in [-0.2, -0.15) is 0 Å². The molecule has 4 nitrogen and oxygen atoms in total. The van der Waals surface area contributed by atoms with Crippen LogP contribution >= 0.6 is 11.6 Å². The number of para-hydroxylation sites is 1. The zero-order valence-corrected chi connectivity index (χ0v) is 13.5. The molecule has 1 saturated heterocycles. The van der Waals surface area contributed by atoms with Gasteiger partial charge in [-0.25, -0.2) is 4.79 Å². The van der Waals surface area contributed by atoms with Crippen LogP contribution in [-0.4, -0.2) is 36.1 Å². The van der Waals surface area contributed by atoms with Crippen molar-refractivity contribution >= 4 is 23.3 Å². The summed E-state index contributed by atoms with van der Waals surface area (Å²) in [5.74, 6) is 0. The second-order valence-corrected chi connectivity index (χ2v) is 6.21. The molecule has 116 valence electrons. The number of piperidine rings is 1. The predicted molar refractivity (Wildman–Crippen MR) is 88.0 cm³/mol. The highest BCUT2D eigenvalue weighted by Gasteiger charge is 2.23. The Morgan fingerprint density at radius 1 is 1.43 bits per heavy atom.